The van der Waals surface area contributed by atoms with Crippen molar-refractivity contribution in [3.8, 4) is 5.69 Å². The molecule has 1 heterocycles. The fourth-order valence-electron chi connectivity index (χ4n) is 5.95. The second-order valence-electron chi connectivity index (χ2n) is 10.9. The number of aromatic nitrogens is 2. The lowest BCUT2D eigenvalue weighted by Gasteiger charge is -2.27. The summed E-state index contributed by atoms with van der Waals surface area (Å²) in [6.07, 6.45) is 12.2. The van der Waals surface area contributed by atoms with Crippen molar-refractivity contribution in [1.29, 1.82) is 0 Å². The number of nitrogens with zero attached hydrogens (tertiary/aromatic N) is 1. The third kappa shape index (κ3) is 8.00. The van der Waals surface area contributed by atoms with E-state index in [0.29, 0.717) is 0 Å². The number of H-pyrrole nitrogens is 1. The molecule has 4 aromatic carbocycles. The fraction of sp³-hybridized carbons (Fsp3) is 0.270. The molecule has 0 aliphatic carbocycles. The van der Waals surface area contributed by atoms with Crippen molar-refractivity contribution in [2.45, 2.75) is 57.8 Å². The predicted octanol–water partition coefficient (Wildman–Crippen LogP) is 4.83. The molecule has 5 aromatic rings. The van der Waals surface area contributed by atoms with Crippen molar-refractivity contribution >= 4 is 23.2 Å². The monoisotopic (exact) mass is 640 g/mol. The normalized spacial score (nSPS) is 11.2. The highest BCUT2D eigenvalue weighted by Crippen LogP contribution is 2.56. The Labute approximate surface area is 262 Å². The van der Waals surface area contributed by atoms with Gasteiger partial charge in [-0.3, -0.25) is 9.89 Å². The van der Waals surface area contributed by atoms with Gasteiger partial charge in [0, 0.05) is 11.8 Å². The van der Waals surface area contributed by atoms with Crippen molar-refractivity contribution in [2.24, 2.45) is 0 Å². The van der Waals surface area contributed by atoms with Gasteiger partial charge in [0.2, 0.25) is 0 Å². The smallest absolute Gasteiger partial charge is 0.271 e. The molecule has 0 aliphatic rings. The lowest BCUT2D eigenvalue weighted by atomic mass is 10.1. The first-order valence-electron chi connectivity index (χ1n) is 15.2. The van der Waals surface area contributed by atoms with Crippen LogP contribution in [-0.2, 0) is 6.42 Å². The average Bonchev–Trinajstić information content (AvgIpc) is 3.42. The number of para-hydroxylation sites is 1. The van der Waals surface area contributed by atoms with E-state index in [1.807, 2.05) is 30.3 Å². The number of unbranched alkanes of at least 4 members (excludes halogenated alkanes) is 7. The molecule has 42 heavy (non-hydrogen) atoms. The van der Waals surface area contributed by atoms with E-state index in [-0.39, 0.29) is 22.5 Å². The van der Waals surface area contributed by atoms with E-state index in [1.54, 1.807) is 10.7 Å². The van der Waals surface area contributed by atoms with Gasteiger partial charge in [-0.25, -0.2) is 4.68 Å². The van der Waals surface area contributed by atoms with Crippen molar-refractivity contribution < 1.29 is 17.0 Å². The molecule has 0 radical (unpaired) electrons. The molecule has 0 spiro atoms. The molecule has 0 fully saturated rings. The van der Waals surface area contributed by atoms with Crippen LogP contribution in [0.4, 0.5) is 0 Å². The standard InChI is InChI=1S/C37H41N2OP.BrH/c40-37-31-32(38-39(37)33-22-12-7-13-23-33)21-11-5-3-1-2-4-6-20-30-41(34-24-14-8-15-25-34,35-26-16-9-17-27-35)36-28-18-10-19-29-36;/h7-10,12-19,22-29,31H,1-6,11,20-21,30H2;1H. The van der Waals surface area contributed by atoms with Gasteiger partial charge in [0.15, 0.2) is 0 Å². The lowest BCUT2D eigenvalue weighted by Crippen LogP contribution is -3.00. The molecule has 218 valence electrons. The first-order valence-corrected chi connectivity index (χ1v) is 17.2. The van der Waals surface area contributed by atoms with Gasteiger partial charge in [0.05, 0.1) is 11.8 Å². The van der Waals surface area contributed by atoms with Crippen molar-refractivity contribution in [3.63, 3.8) is 0 Å². The minimum absolute atomic E-state index is 0. The zero-order chi connectivity index (χ0) is 28.2. The van der Waals surface area contributed by atoms with Crippen molar-refractivity contribution in [2.75, 3.05) is 6.16 Å². The number of rotatable bonds is 15. The van der Waals surface area contributed by atoms with Crippen LogP contribution in [0.3, 0.4) is 0 Å². The molecular weight excluding hydrogens is 599 g/mol. The van der Waals surface area contributed by atoms with E-state index in [0.717, 1.165) is 24.2 Å². The number of aryl methyl sites for hydroxylation is 1. The molecule has 0 amide bonds. The maximum absolute atomic E-state index is 12.3. The van der Waals surface area contributed by atoms with Gasteiger partial charge < -0.3 is 17.0 Å². The summed E-state index contributed by atoms with van der Waals surface area (Å²) in [5, 5.41) is 7.73. The Bertz CT molecular complexity index is 1400. The molecule has 3 nitrogen and oxygen atoms in total. The number of aromatic amines is 1. The summed E-state index contributed by atoms with van der Waals surface area (Å²) in [7, 11) is -1.70. The Morgan fingerprint density at radius 3 is 1.40 bits per heavy atom. The third-order valence-electron chi connectivity index (χ3n) is 8.07. The molecule has 5 rings (SSSR count). The Kier molecular flexibility index (Phi) is 12.4. The maximum Gasteiger partial charge on any atom is 0.271 e. The van der Waals surface area contributed by atoms with E-state index < -0.39 is 7.26 Å². The third-order valence-corrected chi connectivity index (χ3v) is 12.6. The molecule has 0 aliphatic heterocycles. The van der Waals surface area contributed by atoms with Crippen LogP contribution >= 0.6 is 7.26 Å². The minimum atomic E-state index is -1.70. The molecule has 1 N–H and O–H groups in total. The van der Waals surface area contributed by atoms with E-state index >= 15 is 0 Å². The molecular formula is C37H42BrN2OP. The van der Waals surface area contributed by atoms with Gasteiger partial charge in [0.25, 0.3) is 5.56 Å². The van der Waals surface area contributed by atoms with Gasteiger partial charge in [0.1, 0.15) is 23.2 Å². The van der Waals surface area contributed by atoms with Crippen LogP contribution in [0.15, 0.2) is 132 Å². The first kappa shape index (κ1) is 31.7. The summed E-state index contributed by atoms with van der Waals surface area (Å²) in [6.45, 7) is 0. The molecule has 1 aromatic heterocycles. The second-order valence-corrected chi connectivity index (χ2v) is 14.5. The highest BCUT2D eigenvalue weighted by atomic mass is 79.9. The first-order chi connectivity index (χ1) is 20.3. The van der Waals surface area contributed by atoms with Crippen LogP contribution in [0.2, 0.25) is 0 Å². The zero-order valence-corrected chi connectivity index (χ0v) is 26.9. The second kappa shape index (κ2) is 16.4. The molecule has 0 atom stereocenters. The number of hydrogen-bond acceptors (Lipinski definition) is 1. The molecule has 0 saturated carbocycles. The van der Waals surface area contributed by atoms with Crippen LogP contribution in [0.5, 0.6) is 0 Å². The Hall–Kier alpha value is -3.20. The summed E-state index contributed by atoms with van der Waals surface area (Å²) in [5.41, 5.74) is 1.94. The largest absolute Gasteiger partial charge is 1.00 e. The number of benzene rings is 4. The number of halogens is 1. The number of nitrogens with one attached hydrogen (secondary N) is 1. The van der Waals surface area contributed by atoms with Crippen LogP contribution in [0, 0.1) is 0 Å². The van der Waals surface area contributed by atoms with Crippen molar-refractivity contribution in [1.82, 2.24) is 9.78 Å². The number of hydrogen-bond donors (Lipinski definition) is 1. The highest BCUT2D eigenvalue weighted by molar-refractivity contribution is 7.95. The predicted molar refractivity (Wildman–Crippen MR) is 177 cm³/mol. The van der Waals surface area contributed by atoms with Crippen LogP contribution < -0.4 is 38.5 Å². The topological polar surface area (TPSA) is 37.8 Å². The maximum atomic E-state index is 12.3. The van der Waals surface area contributed by atoms with Gasteiger partial charge in [-0.2, -0.15) is 0 Å². The van der Waals surface area contributed by atoms with E-state index in [9.17, 15) is 4.79 Å². The zero-order valence-electron chi connectivity index (χ0n) is 24.4. The fourth-order valence-corrected chi connectivity index (χ4v) is 10.4. The lowest BCUT2D eigenvalue weighted by molar-refractivity contribution is -0.00000827. The highest BCUT2D eigenvalue weighted by Gasteiger charge is 2.44. The summed E-state index contributed by atoms with van der Waals surface area (Å²) >= 11 is 0. The van der Waals surface area contributed by atoms with Gasteiger partial charge in [-0.15, -0.1) is 0 Å². The van der Waals surface area contributed by atoms with Crippen molar-refractivity contribution in [3.05, 3.63) is 143 Å². The van der Waals surface area contributed by atoms with E-state index in [2.05, 4.69) is 96.1 Å². The van der Waals surface area contributed by atoms with Gasteiger partial charge >= 0.3 is 0 Å². The summed E-state index contributed by atoms with van der Waals surface area (Å²) in [6, 6.07) is 45.2. The van der Waals surface area contributed by atoms with E-state index in [4.69, 9.17) is 0 Å². The van der Waals surface area contributed by atoms with E-state index in [1.165, 1.54) is 67.0 Å². The van der Waals surface area contributed by atoms with Gasteiger partial charge in [-0.1, -0.05) is 105 Å². The Balaban J connectivity index is 0.00000405. The SMILES string of the molecule is O=c1cc(CCCCCCCCCC[P+](c2ccccc2)(c2ccccc2)c2ccccc2)[nH]n1-c1ccccc1.[Br-]. The van der Waals surface area contributed by atoms with Crippen LogP contribution in [-0.4, -0.2) is 15.9 Å². The van der Waals surface area contributed by atoms with Crippen LogP contribution in [0.1, 0.15) is 57.1 Å². The minimum Gasteiger partial charge on any atom is -1.00 e. The van der Waals surface area contributed by atoms with Gasteiger partial charge in [-0.05, 0) is 74.2 Å². The summed E-state index contributed by atoms with van der Waals surface area (Å²) in [4.78, 5) is 12.3. The Morgan fingerprint density at radius 1 is 0.524 bits per heavy atom. The molecule has 5 heteroatoms. The Morgan fingerprint density at radius 2 is 0.929 bits per heavy atom. The molecule has 0 unspecified atom stereocenters. The summed E-state index contributed by atoms with van der Waals surface area (Å²) < 4.78 is 1.64. The average molecular weight is 642 g/mol. The van der Waals surface area contributed by atoms with Crippen LogP contribution in [0.25, 0.3) is 5.69 Å². The molecule has 0 saturated heterocycles. The summed E-state index contributed by atoms with van der Waals surface area (Å²) in [5.74, 6) is 0. The molecule has 0 bridgehead atoms. The quantitative estimate of drug-likeness (QED) is 0.129.